The van der Waals surface area contributed by atoms with Gasteiger partial charge < -0.3 is 15.0 Å². The highest BCUT2D eigenvalue weighted by Crippen LogP contribution is 2.19. The number of carbonyl (C=O) groups excluding carboxylic acids is 1. The second kappa shape index (κ2) is 9.86. The number of fused-ring (bicyclic) bond motifs is 1. The SMILES string of the molecule is C=CC(=O)Nc1ccc(-n2c(=O)cnc3cnc(Cc4ccc(N5CCOCC5)cc4)nc32)cc1. The number of anilines is 2. The molecule has 5 rings (SSSR count). The molecule has 0 spiro atoms. The summed E-state index contributed by atoms with van der Waals surface area (Å²) in [7, 11) is 0. The molecule has 9 nitrogen and oxygen atoms in total. The van der Waals surface area contributed by atoms with Crippen LogP contribution in [0.25, 0.3) is 16.9 Å². The van der Waals surface area contributed by atoms with Gasteiger partial charge in [0.15, 0.2) is 5.65 Å². The lowest BCUT2D eigenvalue weighted by Crippen LogP contribution is -2.36. The van der Waals surface area contributed by atoms with Gasteiger partial charge in [-0.15, -0.1) is 0 Å². The van der Waals surface area contributed by atoms with Crippen molar-refractivity contribution in [3.05, 3.63) is 95.3 Å². The molecular weight excluding hydrogens is 444 g/mol. The number of aromatic nitrogens is 4. The quantitative estimate of drug-likeness (QED) is 0.434. The maximum atomic E-state index is 12.7. The molecule has 0 radical (unpaired) electrons. The monoisotopic (exact) mass is 468 g/mol. The molecule has 2 aromatic heterocycles. The summed E-state index contributed by atoms with van der Waals surface area (Å²) in [5.74, 6) is 0.285. The second-order valence-corrected chi connectivity index (χ2v) is 8.11. The van der Waals surface area contributed by atoms with E-state index in [9.17, 15) is 9.59 Å². The number of nitrogens with one attached hydrogen (secondary N) is 1. The summed E-state index contributed by atoms with van der Waals surface area (Å²) in [6, 6.07) is 15.3. The molecule has 1 fully saturated rings. The van der Waals surface area contributed by atoms with Crippen LogP contribution >= 0.6 is 0 Å². The molecule has 1 saturated heterocycles. The van der Waals surface area contributed by atoms with Gasteiger partial charge in [0.25, 0.3) is 5.56 Å². The van der Waals surface area contributed by atoms with Gasteiger partial charge in [0.2, 0.25) is 5.91 Å². The Balaban J connectivity index is 1.42. The number of carbonyl (C=O) groups is 1. The molecular formula is C26H24N6O3. The molecule has 35 heavy (non-hydrogen) atoms. The summed E-state index contributed by atoms with van der Waals surface area (Å²) in [5.41, 5.74) is 4.08. The number of rotatable bonds is 6. The highest BCUT2D eigenvalue weighted by molar-refractivity contribution is 5.98. The third kappa shape index (κ3) is 4.95. The Morgan fingerprint density at radius 2 is 1.71 bits per heavy atom. The third-order valence-electron chi connectivity index (χ3n) is 5.80. The van der Waals surface area contributed by atoms with Crippen LogP contribution in [0, 0.1) is 0 Å². The summed E-state index contributed by atoms with van der Waals surface area (Å²) in [6.07, 6.45) is 4.61. The van der Waals surface area contributed by atoms with Crippen LogP contribution in [0.2, 0.25) is 0 Å². The van der Waals surface area contributed by atoms with Crippen LogP contribution in [-0.2, 0) is 16.0 Å². The van der Waals surface area contributed by atoms with Crippen LogP contribution in [-0.4, -0.2) is 51.7 Å². The number of nitrogens with zero attached hydrogens (tertiary/aromatic N) is 5. The Morgan fingerprint density at radius 1 is 1.00 bits per heavy atom. The Hall–Kier alpha value is -4.37. The van der Waals surface area contributed by atoms with Gasteiger partial charge in [-0.25, -0.2) is 15.0 Å². The second-order valence-electron chi connectivity index (χ2n) is 8.11. The summed E-state index contributed by atoms with van der Waals surface area (Å²) in [4.78, 5) is 39.9. The van der Waals surface area contributed by atoms with Crippen molar-refractivity contribution >= 4 is 28.4 Å². The maximum absolute atomic E-state index is 12.7. The lowest BCUT2D eigenvalue weighted by molar-refractivity contribution is -0.111. The Labute approximate surface area is 201 Å². The van der Waals surface area contributed by atoms with E-state index in [1.807, 2.05) is 0 Å². The molecule has 1 N–H and O–H groups in total. The zero-order valence-electron chi connectivity index (χ0n) is 19.1. The van der Waals surface area contributed by atoms with Crippen LogP contribution < -0.4 is 15.8 Å². The molecule has 1 aliphatic rings. The van der Waals surface area contributed by atoms with Crippen molar-refractivity contribution in [3.8, 4) is 5.69 Å². The molecule has 0 aliphatic carbocycles. The van der Waals surface area contributed by atoms with Crippen LogP contribution in [0.3, 0.4) is 0 Å². The summed E-state index contributed by atoms with van der Waals surface area (Å²) in [6.45, 7) is 6.71. The standard InChI is InChI=1S/C26H24N6O3/c1-2-24(33)29-19-5-9-21(10-6-19)32-25(34)17-27-22-16-28-23(30-26(22)32)15-18-3-7-20(8-4-18)31-11-13-35-14-12-31/h2-10,16-17H,1,11-15H2,(H,29,33). The van der Waals surface area contributed by atoms with Gasteiger partial charge in [0.1, 0.15) is 11.3 Å². The minimum absolute atomic E-state index is 0.306. The van der Waals surface area contributed by atoms with E-state index in [1.54, 1.807) is 30.5 Å². The van der Waals surface area contributed by atoms with Gasteiger partial charge in [0, 0.05) is 30.9 Å². The van der Waals surface area contributed by atoms with Gasteiger partial charge in [0.05, 0.1) is 31.3 Å². The van der Waals surface area contributed by atoms with Gasteiger partial charge in [-0.1, -0.05) is 18.7 Å². The highest BCUT2D eigenvalue weighted by atomic mass is 16.5. The molecule has 0 bridgehead atoms. The summed E-state index contributed by atoms with van der Waals surface area (Å²) < 4.78 is 6.92. The molecule has 2 aromatic carbocycles. The fourth-order valence-corrected chi connectivity index (χ4v) is 3.99. The topological polar surface area (TPSA) is 102 Å². The smallest absolute Gasteiger partial charge is 0.275 e. The van der Waals surface area contributed by atoms with Crippen molar-refractivity contribution in [1.29, 1.82) is 0 Å². The van der Waals surface area contributed by atoms with Gasteiger partial charge >= 0.3 is 0 Å². The van der Waals surface area contributed by atoms with Gasteiger partial charge in [-0.3, -0.25) is 14.2 Å². The minimum atomic E-state index is -0.306. The van der Waals surface area contributed by atoms with E-state index in [2.05, 4.69) is 56.0 Å². The number of hydrogen-bond donors (Lipinski definition) is 1. The molecule has 176 valence electrons. The average Bonchev–Trinajstić information content (AvgIpc) is 2.90. The fourth-order valence-electron chi connectivity index (χ4n) is 3.99. The van der Waals surface area contributed by atoms with Crippen LogP contribution in [0.4, 0.5) is 11.4 Å². The Bertz CT molecular complexity index is 1420. The average molecular weight is 469 g/mol. The molecule has 0 atom stereocenters. The molecule has 1 amide bonds. The van der Waals surface area contributed by atoms with Crippen molar-refractivity contribution in [2.75, 3.05) is 36.5 Å². The molecule has 4 aromatic rings. The number of amides is 1. The van der Waals surface area contributed by atoms with E-state index >= 15 is 0 Å². The normalized spacial score (nSPS) is 13.5. The number of benzene rings is 2. The first-order valence-electron chi connectivity index (χ1n) is 11.3. The van der Waals surface area contributed by atoms with Crippen LogP contribution in [0.5, 0.6) is 0 Å². The van der Waals surface area contributed by atoms with E-state index in [0.29, 0.717) is 34.8 Å². The van der Waals surface area contributed by atoms with E-state index in [4.69, 9.17) is 4.74 Å². The minimum Gasteiger partial charge on any atom is -0.378 e. The van der Waals surface area contributed by atoms with Crippen molar-refractivity contribution in [1.82, 2.24) is 19.5 Å². The lowest BCUT2D eigenvalue weighted by atomic mass is 10.1. The largest absolute Gasteiger partial charge is 0.378 e. The fraction of sp³-hybridized carbons (Fsp3) is 0.192. The Morgan fingerprint density at radius 3 is 2.43 bits per heavy atom. The van der Waals surface area contributed by atoms with E-state index in [0.717, 1.165) is 31.9 Å². The lowest BCUT2D eigenvalue weighted by Gasteiger charge is -2.28. The van der Waals surface area contributed by atoms with Gasteiger partial charge in [-0.05, 0) is 48.0 Å². The van der Waals surface area contributed by atoms with Crippen molar-refractivity contribution in [3.63, 3.8) is 0 Å². The molecule has 9 heteroatoms. The van der Waals surface area contributed by atoms with Crippen molar-refractivity contribution < 1.29 is 9.53 Å². The maximum Gasteiger partial charge on any atom is 0.275 e. The number of morpholine rings is 1. The van der Waals surface area contributed by atoms with Crippen LogP contribution in [0.15, 0.2) is 78.4 Å². The zero-order chi connectivity index (χ0) is 24.2. The zero-order valence-corrected chi connectivity index (χ0v) is 19.1. The summed E-state index contributed by atoms with van der Waals surface area (Å²) in [5, 5.41) is 2.69. The predicted molar refractivity (Wildman–Crippen MR) is 134 cm³/mol. The first-order chi connectivity index (χ1) is 17.1. The van der Waals surface area contributed by atoms with E-state index < -0.39 is 0 Å². The molecule has 0 unspecified atom stereocenters. The first kappa shape index (κ1) is 22.4. The summed E-state index contributed by atoms with van der Waals surface area (Å²) >= 11 is 0. The van der Waals surface area contributed by atoms with E-state index in [-0.39, 0.29) is 11.5 Å². The molecule has 3 heterocycles. The Kier molecular flexibility index (Phi) is 6.32. The van der Waals surface area contributed by atoms with E-state index in [1.165, 1.54) is 22.5 Å². The van der Waals surface area contributed by atoms with Crippen molar-refractivity contribution in [2.24, 2.45) is 0 Å². The number of hydrogen-bond acceptors (Lipinski definition) is 7. The van der Waals surface area contributed by atoms with Crippen molar-refractivity contribution in [2.45, 2.75) is 6.42 Å². The predicted octanol–water partition coefficient (Wildman–Crippen LogP) is 2.73. The first-order valence-corrected chi connectivity index (χ1v) is 11.3. The number of ether oxygens (including phenoxy) is 1. The highest BCUT2D eigenvalue weighted by Gasteiger charge is 2.13. The van der Waals surface area contributed by atoms with Crippen LogP contribution in [0.1, 0.15) is 11.4 Å². The van der Waals surface area contributed by atoms with Gasteiger partial charge in [-0.2, -0.15) is 0 Å². The third-order valence-corrected chi connectivity index (χ3v) is 5.80. The molecule has 1 aliphatic heterocycles. The molecule has 0 saturated carbocycles.